The van der Waals surface area contributed by atoms with Gasteiger partial charge in [0, 0.05) is 6.42 Å². The number of aromatic nitrogens is 3. The summed E-state index contributed by atoms with van der Waals surface area (Å²) in [5, 5.41) is 10.7. The van der Waals surface area contributed by atoms with Gasteiger partial charge in [-0.2, -0.15) is 0 Å². The van der Waals surface area contributed by atoms with Crippen molar-refractivity contribution in [2.24, 2.45) is 17.6 Å². The number of carbonyl (C=O) groups excluding carboxylic acids is 2. The van der Waals surface area contributed by atoms with Crippen LogP contribution < -0.4 is 11.1 Å². The van der Waals surface area contributed by atoms with Crippen molar-refractivity contribution in [2.45, 2.75) is 39.2 Å². The van der Waals surface area contributed by atoms with E-state index in [1.54, 1.807) is 0 Å². The zero-order valence-electron chi connectivity index (χ0n) is 14.5. The molecule has 1 aliphatic carbocycles. The lowest BCUT2D eigenvalue weighted by Crippen LogP contribution is -2.28. The second kappa shape index (κ2) is 7.04. The molecule has 0 bridgehead atoms. The number of benzene rings is 1. The molecule has 2 aromatic rings. The summed E-state index contributed by atoms with van der Waals surface area (Å²) in [6.07, 6.45) is 4.58. The van der Waals surface area contributed by atoms with E-state index in [2.05, 4.69) is 22.6 Å². The largest absolute Gasteiger partial charge is 0.364 e. The standard InChI is InChI=1S/C18H23N5O2/c1-11(13-3-4-13)9-17(24)20-12(2)14-5-7-15(8-6-14)23-10-16(18(19)25)21-22-23/h5-8,10-13H,3-4,9H2,1-2H3,(H2,19,25)(H,20,24)/t11-,12-/m0/s1. The molecule has 1 fully saturated rings. The number of nitrogens with two attached hydrogens (primary N) is 1. The van der Waals surface area contributed by atoms with Crippen LogP contribution in [0.3, 0.4) is 0 Å². The number of hydrogen-bond donors (Lipinski definition) is 2. The Balaban J connectivity index is 1.60. The highest BCUT2D eigenvalue weighted by Crippen LogP contribution is 2.38. The average molecular weight is 341 g/mol. The summed E-state index contributed by atoms with van der Waals surface area (Å²) < 4.78 is 1.49. The van der Waals surface area contributed by atoms with Crippen molar-refractivity contribution >= 4 is 11.8 Å². The molecule has 0 saturated heterocycles. The van der Waals surface area contributed by atoms with Crippen LogP contribution in [0.2, 0.25) is 0 Å². The maximum absolute atomic E-state index is 12.1. The van der Waals surface area contributed by atoms with Crippen LogP contribution in [0.5, 0.6) is 0 Å². The quantitative estimate of drug-likeness (QED) is 0.803. The molecule has 1 saturated carbocycles. The smallest absolute Gasteiger partial charge is 0.270 e. The second-order valence-electron chi connectivity index (χ2n) is 6.81. The van der Waals surface area contributed by atoms with Gasteiger partial charge in [0.2, 0.25) is 5.91 Å². The van der Waals surface area contributed by atoms with E-state index in [9.17, 15) is 9.59 Å². The number of nitrogens with zero attached hydrogens (tertiary/aromatic N) is 3. The number of carbonyl (C=O) groups is 2. The number of rotatable bonds is 7. The van der Waals surface area contributed by atoms with E-state index in [0.29, 0.717) is 12.3 Å². The molecule has 0 spiro atoms. The van der Waals surface area contributed by atoms with E-state index in [4.69, 9.17) is 5.73 Å². The molecule has 1 heterocycles. The van der Waals surface area contributed by atoms with Gasteiger partial charge in [-0.1, -0.05) is 24.3 Å². The lowest BCUT2D eigenvalue weighted by molar-refractivity contribution is -0.122. The van der Waals surface area contributed by atoms with E-state index in [1.807, 2.05) is 31.2 Å². The van der Waals surface area contributed by atoms with E-state index >= 15 is 0 Å². The Morgan fingerprint density at radius 1 is 1.28 bits per heavy atom. The number of nitrogens with one attached hydrogen (secondary N) is 1. The Hall–Kier alpha value is -2.70. The fourth-order valence-corrected chi connectivity index (χ4v) is 2.93. The molecule has 2 amide bonds. The molecule has 3 rings (SSSR count). The highest BCUT2D eigenvalue weighted by Gasteiger charge is 2.29. The van der Waals surface area contributed by atoms with E-state index in [1.165, 1.54) is 23.7 Å². The van der Waals surface area contributed by atoms with Crippen LogP contribution >= 0.6 is 0 Å². The van der Waals surface area contributed by atoms with Crippen LogP contribution in [0.1, 0.15) is 55.2 Å². The third kappa shape index (κ3) is 4.23. The van der Waals surface area contributed by atoms with Crippen molar-refractivity contribution in [3.8, 4) is 5.69 Å². The molecular weight excluding hydrogens is 318 g/mol. The highest BCUT2D eigenvalue weighted by molar-refractivity contribution is 5.90. The summed E-state index contributed by atoms with van der Waals surface area (Å²) in [7, 11) is 0. The van der Waals surface area contributed by atoms with Crippen molar-refractivity contribution in [3.63, 3.8) is 0 Å². The maximum atomic E-state index is 12.1. The van der Waals surface area contributed by atoms with Crippen LogP contribution in [0.25, 0.3) is 5.69 Å². The molecular formula is C18H23N5O2. The zero-order chi connectivity index (χ0) is 18.0. The predicted octanol–water partition coefficient (Wildman–Crippen LogP) is 1.98. The van der Waals surface area contributed by atoms with E-state index in [0.717, 1.165) is 17.2 Å². The van der Waals surface area contributed by atoms with Crippen molar-refractivity contribution in [2.75, 3.05) is 0 Å². The van der Waals surface area contributed by atoms with Crippen LogP contribution in [0, 0.1) is 11.8 Å². The first kappa shape index (κ1) is 17.1. The monoisotopic (exact) mass is 341 g/mol. The number of hydrogen-bond acceptors (Lipinski definition) is 4. The maximum Gasteiger partial charge on any atom is 0.270 e. The first-order chi connectivity index (χ1) is 11.9. The summed E-state index contributed by atoms with van der Waals surface area (Å²) in [5.74, 6) is 0.674. The van der Waals surface area contributed by atoms with Gasteiger partial charge in [0.05, 0.1) is 17.9 Å². The molecule has 1 aromatic heterocycles. The summed E-state index contributed by atoms with van der Waals surface area (Å²) in [5.41, 5.74) is 7.07. The van der Waals surface area contributed by atoms with Crippen LogP contribution in [-0.2, 0) is 4.79 Å². The average Bonchev–Trinajstić information content (AvgIpc) is 3.31. The lowest BCUT2D eigenvalue weighted by Gasteiger charge is -2.17. The van der Waals surface area contributed by atoms with Gasteiger partial charge in [0.1, 0.15) is 0 Å². The molecule has 0 radical (unpaired) electrons. The molecule has 132 valence electrons. The van der Waals surface area contributed by atoms with Gasteiger partial charge in [0.25, 0.3) is 5.91 Å². The van der Waals surface area contributed by atoms with Gasteiger partial charge in [-0.3, -0.25) is 9.59 Å². The predicted molar refractivity (Wildman–Crippen MR) is 92.9 cm³/mol. The Labute approximate surface area is 146 Å². The Morgan fingerprint density at radius 2 is 1.96 bits per heavy atom. The summed E-state index contributed by atoms with van der Waals surface area (Å²) in [6, 6.07) is 7.52. The molecule has 2 atom stereocenters. The summed E-state index contributed by atoms with van der Waals surface area (Å²) in [6.45, 7) is 4.12. The van der Waals surface area contributed by atoms with Crippen LogP contribution in [0.4, 0.5) is 0 Å². The minimum atomic E-state index is -0.611. The van der Waals surface area contributed by atoms with Gasteiger partial charge in [-0.15, -0.1) is 5.10 Å². The van der Waals surface area contributed by atoms with Crippen molar-refractivity contribution in [1.82, 2.24) is 20.3 Å². The summed E-state index contributed by atoms with van der Waals surface area (Å²) in [4.78, 5) is 23.2. The summed E-state index contributed by atoms with van der Waals surface area (Å²) >= 11 is 0. The number of amides is 2. The lowest BCUT2D eigenvalue weighted by atomic mass is 10.0. The fourth-order valence-electron chi connectivity index (χ4n) is 2.93. The van der Waals surface area contributed by atoms with Crippen LogP contribution in [0.15, 0.2) is 30.5 Å². The van der Waals surface area contributed by atoms with Crippen molar-refractivity contribution in [3.05, 3.63) is 41.7 Å². The normalized spacial score (nSPS) is 16.2. The highest BCUT2D eigenvalue weighted by atomic mass is 16.2. The Morgan fingerprint density at radius 3 is 2.52 bits per heavy atom. The second-order valence-corrected chi connectivity index (χ2v) is 6.81. The molecule has 25 heavy (non-hydrogen) atoms. The van der Waals surface area contributed by atoms with Gasteiger partial charge >= 0.3 is 0 Å². The zero-order valence-corrected chi connectivity index (χ0v) is 14.5. The minimum absolute atomic E-state index is 0.0649. The molecule has 1 aromatic carbocycles. The molecule has 1 aliphatic rings. The third-order valence-corrected chi connectivity index (χ3v) is 4.72. The van der Waals surface area contributed by atoms with Gasteiger partial charge in [-0.25, -0.2) is 4.68 Å². The van der Waals surface area contributed by atoms with Gasteiger partial charge < -0.3 is 11.1 Å². The van der Waals surface area contributed by atoms with Crippen LogP contribution in [-0.4, -0.2) is 26.8 Å². The molecule has 7 heteroatoms. The topological polar surface area (TPSA) is 103 Å². The van der Waals surface area contributed by atoms with Crippen molar-refractivity contribution < 1.29 is 9.59 Å². The molecule has 0 unspecified atom stereocenters. The van der Waals surface area contributed by atoms with E-state index < -0.39 is 5.91 Å². The first-order valence-corrected chi connectivity index (χ1v) is 8.56. The Bertz CT molecular complexity index is 764. The third-order valence-electron chi connectivity index (χ3n) is 4.72. The Kier molecular flexibility index (Phi) is 4.83. The van der Waals surface area contributed by atoms with Crippen molar-refractivity contribution in [1.29, 1.82) is 0 Å². The minimum Gasteiger partial charge on any atom is -0.364 e. The number of primary amides is 1. The SMILES string of the molecule is C[C@H](NC(=O)C[C@H](C)C1CC1)c1ccc(-n2cc(C(N)=O)nn2)cc1. The molecule has 7 nitrogen and oxygen atoms in total. The first-order valence-electron chi connectivity index (χ1n) is 8.56. The van der Waals surface area contributed by atoms with Gasteiger partial charge in [-0.05, 0) is 49.3 Å². The molecule has 0 aliphatic heterocycles. The van der Waals surface area contributed by atoms with Gasteiger partial charge in [0.15, 0.2) is 5.69 Å². The fraction of sp³-hybridized carbons (Fsp3) is 0.444. The van der Waals surface area contributed by atoms with E-state index in [-0.39, 0.29) is 17.6 Å². The molecule has 3 N–H and O–H groups in total.